The van der Waals surface area contributed by atoms with E-state index in [1.807, 2.05) is 31.2 Å². The first-order chi connectivity index (χ1) is 13.6. The van der Waals surface area contributed by atoms with Gasteiger partial charge in [0.1, 0.15) is 9.96 Å². The summed E-state index contributed by atoms with van der Waals surface area (Å²) in [5.41, 5.74) is 0.762. The Labute approximate surface area is 168 Å². The molecule has 4 rings (SSSR count). The van der Waals surface area contributed by atoms with Crippen LogP contribution >= 0.6 is 11.3 Å². The molecule has 7 nitrogen and oxygen atoms in total. The Hall–Kier alpha value is -2.23. The minimum Gasteiger partial charge on any atom is -0.493 e. The Morgan fingerprint density at radius 3 is 2.93 bits per heavy atom. The summed E-state index contributed by atoms with van der Waals surface area (Å²) in [5, 5.41) is 5.88. The summed E-state index contributed by atoms with van der Waals surface area (Å²) < 4.78 is 38.7. The lowest BCUT2D eigenvalue weighted by Crippen LogP contribution is -2.38. The fraction of sp³-hybridized carbons (Fsp3) is 0.368. The van der Waals surface area contributed by atoms with Crippen LogP contribution in [-0.4, -0.2) is 42.6 Å². The van der Waals surface area contributed by atoms with Crippen LogP contribution in [0.3, 0.4) is 0 Å². The van der Waals surface area contributed by atoms with E-state index >= 15 is 0 Å². The fourth-order valence-corrected chi connectivity index (χ4v) is 6.01. The number of piperidine rings is 1. The average Bonchev–Trinajstić information content (AvgIpc) is 3.41. The maximum atomic E-state index is 12.8. The van der Waals surface area contributed by atoms with E-state index < -0.39 is 10.0 Å². The molecule has 1 atom stereocenters. The molecule has 3 aromatic rings. The van der Waals surface area contributed by atoms with Crippen molar-refractivity contribution in [3.05, 3.63) is 47.7 Å². The number of nitrogens with zero attached hydrogens (tertiary/aromatic N) is 3. The van der Waals surface area contributed by atoms with Crippen LogP contribution in [0.5, 0.6) is 5.75 Å². The van der Waals surface area contributed by atoms with Crippen molar-refractivity contribution in [3.8, 4) is 17.1 Å². The smallest absolute Gasteiger partial charge is 0.252 e. The zero-order valence-electron chi connectivity index (χ0n) is 15.4. The van der Waals surface area contributed by atoms with Crippen LogP contribution in [0.1, 0.15) is 31.6 Å². The number of ether oxygens (including phenoxy) is 1. The van der Waals surface area contributed by atoms with Gasteiger partial charge in [-0.3, -0.25) is 0 Å². The number of benzene rings is 1. The van der Waals surface area contributed by atoms with Gasteiger partial charge in [0, 0.05) is 13.1 Å². The first-order valence-electron chi connectivity index (χ1n) is 9.19. The van der Waals surface area contributed by atoms with E-state index in [-0.39, 0.29) is 5.92 Å². The van der Waals surface area contributed by atoms with Crippen LogP contribution in [0.2, 0.25) is 0 Å². The van der Waals surface area contributed by atoms with E-state index in [1.165, 1.54) is 15.6 Å². The Bertz CT molecular complexity index is 1030. The van der Waals surface area contributed by atoms with Gasteiger partial charge in [-0.25, -0.2) is 8.42 Å². The minimum absolute atomic E-state index is 0.121. The SMILES string of the molecule is CCOc1ccccc1-c1noc(C2CCCN(S(=O)(=O)c3cccs3)C2)n1. The largest absolute Gasteiger partial charge is 0.493 e. The molecular weight excluding hydrogens is 398 g/mol. The third-order valence-electron chi connectivity index (χ3n) is 4.69. The molecule has 0 N–H and O–H groups in total. The van der Waals surface area contributed by atoms with Crippen LogP contribution in [0.25, 0.3) is 11.4 Å². The molecule has 1 aromatic carbocycles. The molecule has 9 heteroatoms. The van der Waals surface area contributed by atoms with E-state index in [4.69, 9.17) is 9.26 Å². The van der Waals surface area contributed by atoms with E-state index in [1.54, 1.807) is 17.5 Å². The van der Waals surface area contributed by atoms with Crippen molar-refractivity contribution in [2.45, 2.75) is 29.9 Å². The molecule has 1 aliphatic heterocycles. The summed E-state index contributed by atoms with van der Waals surface area (Å²) in [6.45, 7) is 3.31. The topological polar surface area (TPSA) is 85.5 Å². The molecule has 1 unspecified atom stereocenters. The van der Waals surface area contributed by atoms with E-state index in [9.17, 15) is 8.42 Å². The number of hydrogen-bond donors (Lipinski definition) is 0. The number of para-hydroxylation sites is 1. The predicted molar refractivity (Wildman–Crippen MR) is 106 cm³/mol. The van der Waals surface area contributed by atoms with Gasteiger partial charge in [0.05, 0.1) is 18.1 Å². The van der Waals surface area contributed by atoms with Crippen molar-refractivity contribution in [1.29, 1.82) is 0 Å². The molecule has 0 bridgehead atoms. The predicted octanol–water partition coefficient (Wildman–Crippen LogP) is 3.77. The Kier molecular flexibility index (Phi) is 5.47. The highest BCUT2D eigenvalue weighted by Gasteiger charge is 2.34. The second-order valence-corrected chi connectivity index (χ2v) is 9.63. The summed E-state index contributed by atoms with van der Waals surface area (Å²) in [5.74, 6) is 1.50. The maximum absolute atomic E-state index is 12.8. The maximum Gasteiger partial charge on any atom is 0.252 e. The number of sulfonamides is 1. The van der Waals surface area contributed by atoms with E-state index in [2.05, 4.69) is 10.1 Å². The lowest BCUT2D eigenvalue weighted by Gasteiger charge is -2.29. The second kappa shape index (κ2) is 8.02. The van der Waals surface area contributed by atoms with Gasteiger partial charge in [-0.2, -0.15) is 9.29 Å². The number of rotatable bonds is 6. The molecule has 0 saturated carbocycles. The van der Waals surface area contributed by atoms with Crippen molar-refractivity contribution in [2.75, 3.05) is 19.7 Å². The number of thiophene rings is 1. The molecular formula is C19H21N3O4S2. The first kappa shape index (κ1) is 19.1. The van der Waals surface area contributed by atoms with Crippen LogP contribution in [0, 0.1) is 0 Å². The number of hydrogen-bond acceptors (Lipinski definition) is 7. The van der Waals surface area contributed by atoms with Gasteiger partial charge in [0.15, 0.2) is 0 Å². The quantitative estimate of drug-likeness (QED) is 0.605. The second-order valence-electron chi connectivity index (χ2n) is 6.52. The summed E-state index contributed by atoms with van der Waals surface area (Å²) in [7, 11) is -3.48. The van der Waals surface area contributed by atoms with Crippen LogP contribution in [0.4, 0.5) is 0 Å². The molecule has 0 amide bonds. The molecule has 148 valence electrons. The zero-order valence-corrected chi connectivity index (χ0v) is 17.1. The Balaban J connectivity index is 1.56. The molecule has 2 aromatic heterocycles. The van der Waals surface area contributed by atoms with Crippen LogP contribution < -0.4 is 4.74 Å². The van der Waals surface area contributed by atoms with Crippen molar-refractivity contribution in [2.24, 2.45) is 0 Å². The lowest BCUT2D eigenvalue weighted by molar-refractivity contribution is 0.266. The third-order valence-corrected chi connectivity index (χ3v) is 7.93. The average molecular weight is 420 g/mol. The van der Waals surface area contributed by atoms with Gasteiger partial charge in [-0.1, -0.05) is 23.4 Å². The summed E-state index contributed by atoms with van der Waals surface area (Å²) in [4.78, 5) is 4.55. The molecule has 1 aliphatic rings. The number of aromatic nitrogens is 2. The van der Waals surface area contributed by atoms with Gasteiger partial charge >= 0.3 is 0 Å². The van der Waals surface area contributed by atoms with Gasteiger partial charge in [-0.05, 0) is 43.3 Å². The van der Waals surface area contributed by atoms with Crippen molar-refractivity contribution >= 4 is 21.4 Å². The summed E-state index contributed by atoms with van der Waals surface area (Å²) >= 11 is 1.23. The Morgan fingerprint density at radius 1 is 1.29 bits per heavy atom. The standard InChI is InChI=1S/C19H21N3O4S2/c1-2-25-16-9-4-3-8-15(16)18-20-19(26-21-18)14-7-5-11-22(13-14)28(23,24)17-10-6-12-27-17/h3-4,6,8-10,12,14H,2,5,7,11,13H2,1H3. The molecule has 3 heterocycles. The van der Waals surface area contributed by atoms with Gasteiger partial charge in [0.25, 0.3) is 10.0 Å². The third kappa shape index (κ3) is 3.69. The normalized spacial score (nSPS) is 18.2. The summed E-state index contributed by atoms with van der Waals surface area (Å²) in [6.07, 6.45) is 1.56. The first-order valence-corrected chi connectivity index (χ1v) is 11.5. The fourth-order valence-electron chi connectivity index (χ4n) is 3.34. The van der Waals surface area contributed by atoms with Crippen molar-refractivity contribution < 1.29 is 17.7 Å². The molecule has 0 spiro atoms. The molecule has 1 fully saturated rings. The lowest BCUT2D eigenvalue weighted by atomic mass is 10.00. The van der Waals surface area contributed by atoms with Gasteiger partial charge < -0.3 is 9.26 Å². The highest BCUT2D eigenvalue weighted by Crippen LogP contribution is 2.33. The van der Waals surface area contributed by atoms with Gasteiger partial charge in [0.2, 0.25) is 11.7 Å². The highest BCUT2D eigenvalue weighted by molar-refractivity contribution is 7.91. The molecule has 0 radical (unpaired) electrons. The van der Waals surface area contributed by atoms with E-state index in [0.717, 1.165) is 18.4 Å². The van der Waals surface area contributed by atoms with Crippen molar-refractivity contribution in [1.82, 2.24) is 14.4 Å². The molecule has 28 heavy (non-hydrogen) atoms. The Morgan fingerprint density at radius 2 is 2.14 bits per heavy atom. The monoisotopic (exact) mass is 419 g/mol. The van der Waals surface area contributed by atoms with Gasteiger partial charge in [-0.15, -0.1) is 11.3 Å². The molecule has 0 aliphatic carbocycles. The summed E-state index contributed by atoms with van der Waals surface area (Å²) in [6, 6.07) is 10.9. The highest BCUT2D eigenvalue weighted by atomic mass is 32.2. The van der Waals surface area contributed by atoms with E-state index in [0.29, 0.717) is 41.4 Å². The van der Waals surface area contributed by atoms with Crippen molar-refractivity contribution in [3.63, 3.8) is 0 Å². The zero-order chi connectivity index (χ0) is 19.6. The minimum atomic E-state index is -3.48. The van der Waals surface area contributed by atoms with Crippen LogP contribution in [0.15, 0.2) is 50.5 Å². The van der Waals surface area contributed by atoms with Crippen LogP contribution in [-0.2, 0) is 10.0 Å². The molecule has 1 saturated heterocycles.